The minimum absolute atomic E-state index is 0.0282. The van der Waals surface area contributed by atoms with Crippen molar-refractivity contribution < 1.29 is 5.11 Å². The molecule has 0 spiro atoms. The molecule has 0 aliphatic heterocycles. The number of unbranched alkanes of at least 4 members (excludes halogenated alkanes) is 2. The molecule has 0 aromatic heterocycles. The molecule has 1 rings (SSSR count). The highest BCUT2D eigenvalue weighted by molar-refractivity contribution is 6.31. The van der Waals surface area contributed by atoms with Crippen LogP contribution in [-0.2, 0) is 13.0 Å². The average molecular weight is 213 g/mol. The number of aliphatic hydroxyl groups excluding tert-OH is 1. The molecule has 0 aliphatic rings. The molecule has 78 valence electrons. The summed E-state index contributed by atoms with van der Waals surface area (Å²) in [5.74, 6) is 0. The maximum atomic E-state index is 9.03. The predicted molar refractivity (Wildman–Crippen MR) is 60.6 cm³/mol. The van der Waals surface area contributed by atoms with Gasteiger partial charge < -0.3 is 5.11 Å². The smallest absolute Gasteiger partial charge is 0.0696 e. The lowest BCUT2D eigenvalue weighted by Crippen LogP contribution is -1.90. The van der Waals surface area contributed by atoms with Crippen molar-refractivity contribution in [3.63, 3.8) is 0 Å². The molecule has 1 aromatic rings. The molecule has 2 heteroatoms. The fourth-order valence-corrected chi connectivity index (χ4v) is 1.66. The summed E-state index contributed by atoms with van der Waals surface area (Å²) in [6, 6.07) is 5.91. The molecule has 0 saturated heterocycles. The first-order chi connectivity index (χ1) is 6.77. The van der Waals surface area contributed by atoms with Crippen LogP contribution in [0.15, 0.2) is 18.2 Å². The summed E-state index contributed by atoms with van der Waals surface area (Å²) >= 11 is 5.90. The number of benzene rings is 1. The summed E-state index contributed by atoms with van der Waals surface area (Å²) in [5.41, 5.74) is 2.10. The molecule has 0 saturated carbocycles. The van der Waals surface area contributed by atoms with Gasteiger partial charge in [0.15, 0.2) is 0 Å². The van der Waals surface area contributed by atoms with E-state index in [4.69, 9.17) is 16.7 Å². The van der Waals surface area contributed by atoms with Crippen LogP contribution in [0, 0.1) is 0 Å². The van der Waals surface area contributed by atoms with E-state index in [9.17, 15) is 0 Å². The predicted octanol–water partition coefficient (Wildman–Crippen LogP) is 3.57. The standard InChI is InChI=1S/C12H17ClO/c1-2-3-4-5-10-6-7-12(13)11(8-10)9-14/h6-8,14H,2-5,9H2,1H3. The number of hydrogen-bond acceptors (Lipinski definition) is 1. The van der Waals surface area contributed by atoms with E-state index in [1.165, 1.54) is 24.8 Å². The van der Waals surface area contributed by atoms with Crippen molar-refractivity contribution in [2.24, 2.45) is 0 Å². The van der Waals surface area contributed by atoms with Gasteiger partial charge in [-0.3, -0.25) is 0 Å². The Balaban J connectivity index is 2.60. The SMILES string of the molecule is CCCCCc1ccc(Cl)c(CO)c1. The minimum atomic E-state index is 0.0282. The number of rotatable bonds is 5. The summed E-state index contributed by atoms with van der Waals surface area (Å²) in [6.45, 7) is 2.22. The van der Waals surface area contributed by atoms with Crippen LogP contribution in [0.25, 0.3) is 0 Å². The Bertz CT molecular complexity index is 284. The van der Waals surface area contributed by atoms with E-state index >= 15 is 0 Å². The normalized spacial score (nSPS) is 10.5. The van der Waals surface area contributed by atoms with Crippen LogP contribution < -0.4 is 0 Å². The van der Waals surface area contributed by atoms with Gasteiger partial charge in [-0.25, -0.2) is 0 Å². The molecule has 0 atom stereocenters. The second-order valence-corrected chi connectivity index (χ2v) is 3.95. The monoisotopic (exact) mass is 212 g/mol. The lowest BCUT2D eigenvalue weighted by Gasteiger charge is -2.05. The van der Waals surface area contributed by atoms with Crippen molar-refractivity contribution in [1.29, 1.82) is 0 Å². The van der Waals surface area contributed by atoms with Crippen LogP contribution in [-0.4, -0.2) is 5.11 Å². The molecule has 1 aromatic carbocycles. The van der Waals surface area contributed by atoms with Crippen molar-refractivity contribution in [3.05, 3.63) is 34.3 Å². The van der Waals surface area contributed by atoms with Gasteiger partial charge in [0.05, 0.1) is 6.61 Å². The highest BCUT2D eigenvalue weighted by atomic mass is 35.5. The third-order valence-corrected chi connectivity index (χ3v) is 2.72. The third kappa shape index (κ3) is 3.32. The summed E-state index contributed by atoms with van der Waals surface area (Å²) in [6.07, 6.45) is 4.79. The van der Waals surface area contributed by atoms with E-state index in [1.54, 1.807) is 0 Å². The maximum absolute atomic E-state index is 9.03. The van der Waals surface area contributed by atoms with Crippen molar-refractivity contribution in [2.45, 2.75) is 39.2 Å². The van der Waals surface area contributed by atoms with Crippen molar-refractivity contribution >= 4 is 11.6 Å². The average Bonchev–Trinajstić information content (AvgIpc) is 2.21. The Morgan fingerprint density at radius 1 is 1.29 bits per heavy atom. The first kappa shape index (κ1) is 11.5. The first-order valence-electron chi connectivity index (χ1n) is 5.16. The van der Waals surface area contributed by atoms with E-state index in [0.717, 1.165) is 12.0 Å². The van der Waals surface area contributed by atoms with Gasteiger partial charge >= 0.3 is 0 Å². The molecule has 1 N–H and O–H groups in total. The van der Waals surface area contributed by atoms with E-state index in [0.29, 0.717) is 5.02 Å². The largest absolute Gasteiger partial charge is 0.392 e. The van der Waals surface area contributed by atoms with Crippen LogP contribution >= 0.6 is 11.6 Å². The molecule has 14 heavy (non-hydrogen) atoms. The number of hydrogen-bond donors (Lipinski definition) is 1. The lowest BCUT2D eigenvalue weighted by molar-refractivity contribution is 0.282. The molecular weight excluding hydrogens is 196 g/mol. The molecular formula is C12H17ClO. The van der Waals surface area contributed by atoms with Crippen LogP contribution in [0.1, 0.15) is 37.3 Å². The first-order valence-corrected chi connectivity index (χ1v) is 5.54. The Morgan fingerprint density at radius 2 is 2.07 bits per heavy atom. The van der Waals surface area contributed by atoms with Crippen LogP contribution in [0.2, 0.25) is 5.02 Å². The quantitative estimate of drug-likeness (QED) is 0.740. The van der Waals surface area contributed by atoms with Crippen LogP contribution in [0.4, 0.5) is 0 Å². The van der Waals surface area contributed by atoms with Gasteiger partial charge in [0.1, 0.15) is 0 Å². The van der Waals surface area contributed by atoms with E-state index in [-0.39, 0.29) is 6.61 Å². The van der Waals surface area contributed by atoms with Gasteiger partial charge in [0.25, 0.3) is 0 Å². The van der Waals surface area contributed by atoms with E-state index in [1.807, 2.05) is 18.2 Å². The van der Waals surface area contributed by atoms with Gasteiger partial charge in [-0.2, -0.15) is 0 Å². The van der Waals surface area contributed by atoms with Crippen LogP contribution in [0.3, 0.4) is 0 Å². The topological polar surface area (TPSA) is 20.2 Å². The van der Waals surface area contributed by atoms with Crippen molar-refractivity contribution in [1.82, 2.24) is 0 Å². The molecule has 0 fully saturated rings. The summed E-state index contributed by atoms with van der Waals surface area (Å²) in [4.78, 5) is 0. The zero-order valence-electron chi connectivity index (χ0n) is 8.59. The van der Waals surface area contributed by atoms with Crippen molar-refractivity contribution in [2.75, 3.05) is 0 Å². The molecule has 0 unspecified atom stereocenters. The Morgan fingerprint density at radius 3 is 2.71 bits per heavy atom. The van der Waals surface area contributed by atoms with Crippen molar-refractivity contribution in [3.8, 4) is 0 Å². The lowest BCUT2D eigenvalue weighted by atomic mass is 10.0. The van der Waals surface area contributed by atoms with Gasteiger partial charge in [0.2, 0.25) is 0 Å². The number of halogens is 1. The van der Waals surface area contributed by atoms with Gasteiger partial charge in [-0.1, -0.05) is 43.5 Å². The molecule has 0 radical (unpaired) electrons. The molecule has 0 amide bonds. The number of aliphatic hydroxyl groups is 1. The Hall–Kier alpha value is -0.530. The fourth-order valence-electron chi connectivity index (χ4n) is 1.48. The molecule has 1 nitrogen and oxygen atoms in total. The van der Waals surface area contributed by atoms with Gasteiger partial charge in [-0.05, 0) is 30.0 Å². The van der Waals surface area contributed by atoms with E-state index < -0.39 is 0 Å². The summed E-state index contributed by atoms with van der Waals surface area (Å²) < 4.78 is 0. The summed E-state index contributed by atoms with van der Waals surface area (Å²) in [7, 11) is 0. The van der Waals surface area contributed by atoms with Crippen LogP contribution in [0.5, 0.6) is 0 Å². The fraction of sp³-hybridized carbons (Fsp3) is 0.500. The number of aryl methyl sites for hydroxylation is 1. The summed E-state index contributed by atoms with van der Waals surface area (Å²) in [5, 5.41) is 9.69. The van der Waals surface area contributed by atoms with Gasteiger partial charge in [0, 0.05) is 5.02 Å². The molecule has 0 heterocycles. The Labute approximate surface area is 90.7 Å². The highest BCUT2D eigenvalue weighted by Crippen LogP contribution is 2.18. The van der Waals surface area contributed by atoms with E-state index in [2.05, 4.69) is 6.92 Å². The minimum Gasteiger partial charge on any atom is -0.392 e. The van der Waals surface area contributed by atoms with Gasteiger partial charge in [-0.15, -0.1) is 0 Å². The molecule has 0 aliphatic carbocycles. The zero-order valence-corrected chi connectivity index (χ0v) is 9.35. The zero-order chi connectivity index (χ0) is 10.4. The highest BCUT2D eigenvalue weighted by Gasteiger charge is 2.00. The second-order valence-electron chi connectivity index (χ2n) is 3.54. The third-order valence-electron chi connectivity index (χ3n) is 2.35. The maximum Gasteiger partial charge on any atom is 0.0696 e. The Kier molecular flexibility index (Phi) is 4.99. The molecule has 0 bridgehead atoms. The second kappa shape index (κ2) is 6.05.